The number of hydrogen-bond donors (Lipinski definition) is 1. The van der Waals surface area contributed by atoms with Crippen LogP contribution in [0.3, 0.4) is 0 Å². The summed E-state index contributed by atoms with van der Waals surface area (Å²) in [5.74, 6) is -0.162. The third-order valence-electron chi connectivity index (χ3n) is 2.84. The van der Waals surface area contributed by atoms with Gasteiger partial charge < -0.3 is 5.32 Å². The van der Waals surface area contributed by atoms with E-state index in [9.17, 15) is 4.79 Å². The van der Waals surface area contributed by atoms with Crippen molar-refractivity contribution in [1.82, 2.24) is 0 Å². The van der Waals surface area contributed by atoms with Gasteiger partial charge in [0.05, 0.1) is 0 Å². The number of halogens is 2. The zero-order valence-electron chi connectivity index (χ0n) is 10.6. The number of carbonyl (C=O) groups excluding carboxylic acids is 1. The fourth-order valence-corrected chi connectivity index (χ4v) is 2.35. The van der Waals surface area contributed by atoms with Crippen molar-refractivity contribution in [2.24, 2.45) is 0 Å². The molecular formula is C15H13Cl2NO. The minimum Gasteiger partial charge on any atom is -0.322 e. The second-order valence-electron chi connectivity index (χ2n) is 4.38. The lowest BCUT2D eigenvalue weighted by atomic mass is 10.1. The highest BCUT2D eigenvalue weighted by Gasteiger charge is 2.10. The first-order valence-electron chi connectivity index (χ1n) is 5.81. The lowest BCUT2D eigenvalue weighted by molar-refractivity contribution is 0.102. The first-order chi connectivity index (χ1) is 8.97. The largest absolute Gasteiger partial charge is 0.322 e. The molecule has 19 heavy (non-hydrogen) atoms. The van der Waals surface area contributed by atoms with Crippen LogP contribution in [0.15, 0.2) is 36.4 Å². The van der Waals surface area contributed by atoms with E-state index in [1.807, 2.05) is 26.0 Å². The van der Waals surface area contributed by atoms with E-state index in [1.54, 1.807) is 24.3 Å². The van der Waals surface area contributed by atoms with Crippen molar-refractivity contribution >= 4 is 34.8 Å². The van der Waals surface area contributed by atoms with Crippen LogP contribution in [0.5, 0.6) is 0 Å². The first-order valence-corrected chi connectivity index (χ1v) is 6.56. The van der Waals surface area contributed by atoms with Crippen LogP contribution in [0.1, 0.15) is 21.5 Å². The number of hydrogen-bond acceptors (Lipinski definition) is 1. The minimum atomic E-state index is -0.162. The molecule has 1 amide bonds. The summed E-state index contributed by atoms with van der Waals surface area (Å²) in [6, 6.07) is 10.4. The molecule has 0 aliphatic heterocycles. The molecule has 0 bridgehead atoms. The summed E-state index contributed by atoms with van der Waals surface area (Å²) in [4.78, 5) is 12.1. The SMILES string of the molecule is Cc1cc(Cl)cc(C)c1NC(=O)c1ccc(Cl)cc1. The van der Waals surface area contributed by atoms with Gasteiger partial charge in [-0.25, -0.2) is 0 Å². The molecule has 0 aliphatic carbocycles. The molecule has 0 saturated heterocycles. The second-order valence-corrected chi connectivity index (χ2v) is 5.25. The quantitative estimate of drug-likeness (QED) is 0.841. The molecule has 2 rings (SSSR count). The van der Waals surface area contributed by atoms with Crippen molar-refractivity contribution in [2.75, 3.05) is 5.32 Å². The highest BCUT2D eigenvalue weighted by atomic mass is 35.5. The van der Waals surface area contributed by atoms with Gasteiger partial charge in [0, 0.05) is 21.3 Å². The van der Waals surface area contributed by atoms with Crippen LogP contribution >= 0.6 is 23.2 Å². The van der Waals surface area contributed by atoms with Crippen LogP contribution in [0.25, 0.3) is 0 Å². The third-order valence-corrected chi connectivity index (χ3v) is 3.31. The van der Waals surface area contributed by atoms with E-state index in [0.717, 1.165) is 16.8 Å². The number of carbonyl (C=O) groups is 1. The van der Waals surface area contributed by atoms with Gasteiger partial charge in [0.25, 0.3) is 5.91 Å². The van der Waals surface area contributed by atoms with E-state index >= 15 is 0 Å². The van der Waals surface area contributed by atoms with Gasteiger partial charge in [-0.05, 0) is 61.4 Å². The molecule has 4 heteroatoms. The van der Waals surface area contributed by atoms with Crippen molar-refractivity contribution in [3.63, 3.8) is 0 Å². The number of nitrogens with one attached hydrogen (secondary N) is 1. The van der Waals surface area contributed by atoms with E-state index in [1.165, 1.54) is 0 Å². The molecule has 2 aromatic rings. The topological polar surface area (TPSA) is 29.1 Å². The van der Waals surface area contributed by atoms with Gasteiger partial charge in [-0.1, -0.05) is 23.2 Å². The Kier molecular flexibility index (Phi) is 4.13. The van der Waals surface area contributed by atoms with Crippen molar-refractivity contribution in [3.05, 3.63) is 63.1 Å². The molecule has 98 valence electrons. The maximum atomic E-state index is 12.1. The van der Waals surface area contributed by atoms with Crippen LogP contribution in [-0.2, 0) is 0 Å². The Balaban J connectivity index is 2.26. The maximum absolute atomic E-state index is 12.1. The average molecular weight is 294 g/mol. The molecule has 0 heterocycles. The lowest BCUT2D eigenvalue weighted by Gasteiger charge is -2.12. The Morgan fingerprint density at radius 1 is 0.947 bits per heavy atom. The minimum absolute atomic E-state index is 0.162. The van der Waals surface area contributed by atoms with Crippen molar-refractivity contribution in [3.8, 4) is 0 Å². The van der Waals surface area contributed by atoms with Crippen LogP contribution in [-0.4, -0.2) is 5.91 Å². The maximum Gasteiger partial charge on any atom is 0.255 e. The normalized spacial score (nSPS) is 10.3. The van der Waals surface area contributed by atoms with Crippen molar-refractivity contribution in [1.29, 1.82) is 0 Å². The summed E-state index contributed by atoms with van der Waals surface area (Å²) in [5, 5.41) is 4.17. The van der Waals surface area contributed by atoms with Gasteiger partial charge in [0.2, 0.25) is 0 Å². The predicted molar refractivity (Wildman–Crippen MR) is 80.3 cm³/mol. The predicted octanol–water partition coefficient (Wildman–Crippen LogP) is 4.86. The van der Waals surface area contributed by atoms with Gasteiger partial charge in [-0.15, -0.1) is 0 Å². The first kappa shape index (κ1) is 13.9. The molecule has 0 aliphatic rings. The Morgan fingerprint density at radius 3 is 2.00 bits per heavy atom. The van der Waals surface area contributed by atoms with E-state index < -0.39 is 0 Å². The lowest BCUT2D eigenvalue weighted by Crippen LogP contribution is -2.13. The number of anilines is 1. The zero-order chi connectivity index (χ0) is 14.0. The molecule has 0 aromatic heterocycles. The number of aryl methyl sites for hydroxylation is 2. The van der Waals surface area contributed by atoms with Gasteiger partial charge in [0.1, 0.15) is 0 Å². The molecular weight excluding hydrogens is 281 g/mol. The van der Waals surface area contributed by atoms with Crippen LogP contribution in [0, 0.1) is 13.8 Å². The summed E-state index contributed by atoms with van der Waals surface area (Å²) >= 11 is 11.8. The molecule has 0 saturated carbocycles. The van der Waals surface area contributed by atoms with Crippen molar-refractivity contribution < 1.29 is 4.79 Å². The molecule has 2 aromatic carbocycles. The van der Waals surface area contributed by atoms with Crippen LogP contribution < -0.4 is 5.32 Å². The van der Waals surface area contributed by atoms with Crippen LogP contribution in [0.2, 0.25) is 10.0 Å². The van der Waals surface area contributed by atoms with Gasteiger partial charge in [-0.2, -0.15) is 0 Å². The fraction of sp³-hybridized carbons (Fsp3) is 0.133. The smallest absolute Gasteiger partial charge is 0.255 e. The molecule has 0 fully saturated rings. The standard InChI is InChI=1S/C15H13Cl2NO/c1-9-7-13(17)8-10(2)14(9)18-15(19)11-3-5-12(16)6-4-11/h3-8H,1-2H3,(H,18,19). The molecule has 1 N–H and O–H groups in total. The number of amides is 1. The molecule has 0 spiro atoms. The van der Waals surface area contributed by atoms with Crippen molar-refractivity contribution in [2.45, 2.75) is 13.8 Å². The van der Waals surface area contributed by atoms with Gasteiger partial charge in [-0.3, -0.25) is 4.79 Å². The highest BCUT2D eigenvalue weighted by molar-refractivity contribution is 6.31. The Bertz CT molecular complexity index is 598. The molecule has 0 unspecified atom stereocenters. The molecule has 2 nitrogen and oxygen atoms in total. The van der Waals surface area contributed by atoms with E-state index in [-0.39, 0.29) is 5.91 Å². The van der Waals surface area contributed by atoms with E-state index in [0.29, 0.717) is 15.6 Å². The Morgan fingerprint density at radius 2 is 1.47 bits per heavy atom. The summed E-state index contributed by atoms with van der Waals surface area (Å²) < 4.78 is 0. The monoisotopic (exact) mass is 293 g/mol. The zero-order valence-corrected chi connectivity index (χ0v) is 12.1. The fourth-order valence-electron chi connectivity index (χ4n) is 1.89. The number of benzene rings is 2. The summed E-state index contributed by atoms with van der Waals surface area (Å²) in [6.07, 6.45) is 0. The highest BCUT2D eigenvalue weighted by Crippen LogP contribution is 2.25. The third kappa shape index (κ3) is 3.28. The van der Waals surface area contributed by atoms with Crippen LogP contribution in [0.4, 0.5) is 5.69 Å². The van der Waals surface area contributed by atoms with Gasteiger partial charge >= 0.3 is 0 Å². The summed E-state index contributed by atoms with van der Waals surface area (Å²) in [7, 11) is 0. The van der Waals surface area contributed by atoms with E-state index in [2.05, 4.69) is 5.32 Å². The Hall–Kier alpha value is -1.51. The number of rotatable bonds is 2. The molecule has 0 atom stereocenters. The van der Waals surface area contributed by atoms with Gasteiger partial charge in [0.15, 0.2) is 0 Å². The summed E-state index contributed by atoms with van der Waals surface area (Å²) in [5.41, 5.74) is 3.24. The van der Waals surface area contributed by atoms with E-state index in [4.69, 9.17) is 23.2 Å². The Labute approximate surface area is 122 Å². The average Bonchev–Trinajstić information content (AvgIpc) is 2.34. The molecule has 0 radical (unpaired) electrons. The summed E-state index contributed by atoms with van der Waals surface area (Å²) in [6.45, 7) is 3.83. The second kappa shape index (κ2) is 5.64.